The van der Waals surface area contributed by atoms with Gasteiger partial charge in [-0.15, -0.1) is 0 Å². The van der Waals surface area contributed by atoms with Crippen LogP contribution in [-0.2, 0) is 6.18 Å². The van der Waals surface area contributed by atoms with E-state index in [4.69, 9.17) is 4.98 Å². The maximum atomic E-state index is 13.7. The molecular formula is C28H17F3N2. The van der Waals surface area contributed by atoms with Crippen LogP contribution in [-0.4, -0.2) is 9.38 Å². The van der Waals surface area contributed by atoms with Gasteiger partial charge in [-0.1, -0.05) is 72.8 Å². The van der Waals surface area contributed by atoms with Gasteiger partial charge in [-0.3, -0.25) is 4.40 Å². The largest absolute Gasteiger partial charge is 0.416 e. The third kappa shape index (κ3) is 3.08. The standard InChI is InChI=1S/C28H17F3N2/c29-28(30,31)20-14-15-21-22(17-20)24(18-9-3-1-4-10-18)25(19-11-5-2-6-12-19)27-26(21)32-23-13-7-8-16-33(23)27/h1-17H. The van der Waals surface area contributed by atoms with Gasteiger partial charge in [-0.25, -0.2) is 4.98 Å². The smallest absolute Gasteiger partial charge is 0.299 e. The highest BCUT2D eigenvalue weighted by atomic mass is 19.4. The summed E-state index contributed by atoms with van der Waals surface area (Å²) in [7, 11) is 0. The summed E-state index contributed by atoms with van der Waals surface area (Å²) in [5.74, 6) is 0. The highest BCUT2D eigenvalue weighted by molar-refractivity contribution is 6.20. The Balaban J connectivity index is 1.92. The molecule has 0 fully saturated rings. The molecule has 0 aliphatic heterocycles. The molecule has 0 radical (unpaired) electrons. The molecule has 0 saturated heterocycles. The Kier molecular flexibility index (Phi) is 4.27. The molecule has 5 heteroatoms. The van der Waals surface area contributed by atoms with Gasteiger partial charge in [0.05, 0.1) is 16.6 Å². The molecule has 0 unspecified atom stereocenters. The predicted molar refractivity (Wildman–Crippen MR) is 126 cm³/mol. The Morgan fingerprint density at radius 1 is 0.636 bits per heavy atom. The number of nitrogens with zero attached hydrogens (tertiary/aromatic N) is 2. The number of alkyl halides is 3. The van der Waals surface area contributed by atoms with Gasteiger partial charge in [-0.2, -0.15) is 13.2 Å². The fourth-order valence-electron chi connectivity index (χ4n) is 4.60. The van der Waals surface area contributed by atoms with E-state index in [-0.39, 0.29) is 0 Å². The van der Waals surface area contributed by atoms with Crippen LogP contribution in [0, 0.1) is 0 Å². The summed E-state index contributed by atoms with van der Waals surface area (Å²) < 4.78 is 43.2. The molecule has 2 nitrogen and oxygen atoms in total. The summed E-state index contributed by atoms with van der Waals surface area (Å²) in [6.07, 6.45) is -2.50. The minimum Gasteiger partial charge on any atom is -0.299 e. The zero-order valence-electron chi connectivity index (χ0n) is 17.3. The average molecular weight is 438 g/mol. The van der Waals surface area contributed by atoms with E-state index in [9.17, 15) is 13.2 Å². The highest BCUT2D eigenvalue weighted by Crippen LogP contribution is 2.45. The number of rotatable bonds is 2. The molecule has 0 atom stereocenters. The Morgan fingerprint density at radius 3 is 1.94 bits per heavy atom. The number of hydrogen-bond acceptors (Lipinski definition) is 1. The summed E-state index contributed by atoms with van der Waals surface area (Å²) in [5.41, 5.74) is 5.04. The van der Waals surface area contributed by atoms with E-state index < -0.39 is 11.7 Å². The molecular weight excluding hydrogens is 421 g/mol. The quantitative estimate of drug-likeness (QED) is 0.268. The van der Waals surface area contributed by atoms with Crippen molar-refractivity contribution in [3.8, 4) is 22.3 Å². The van der Waals surface area contributed by atoms with E-state index in [1.807, 2.05) is 89.5 Å². The lowest BCUT2D eigenvalue weighted by molar-refractivity contribution is -0.137. The number of imidazole rings is 1. The first-order valence-corrected chi connectivity index (χ1v) is 10.6. The van der Waals surface area contributed by atoms with Gasteiger partial charge < -0.3 is 0 Å². The van der Waals surface area contributed by atoms with Crippen LogP contribution in [0.5, 0.6) is 0 Å². The highest BCUT2D eigenvalue weighted by Gasteiger charge is 2.31. The van der Waals surface area contributed by atoms with Crippen molar-refractivity contribution in [3.05, 3.63) is 109 Å². The minimum atomic E-state index is -4.44. The molecule has 4 aromatic carbocycles. The Labute approximate surface area is 187 Å². The monoisotopic (exact) mass is 438 g/mol. The van der Waals surface area contributed by atoms with Crippen LogP contribution >= 0.6 is 0 Å². The molecule has 2 heterocycles. The lowest BCUT2D eigenvalue weighted by atomic mass is 9.87. The van der Waals surface area contributed by atoms with E-state index in [1.165, 1.54) is 6.07 Å². The fourth-order valence-corrected chi connectivity index (χ4v) is 4.60. The van der Waals surface area contributed by atoms with Gasteiger partial charge in [0.1, 0.15) is 5.65 Å². The normalized spacial score (nSPS) is 12.1. The summed E-state index contributed by atoms with van der Waals surface area (Å²) in [4.78, 5) is 4.84. The minimum absolute atomic E-state index is 0.533. The van der Waals surface area contributed by atoms with Gasteiger partial charge in [0.15, 0.2) is 0 Å². The molecule has 0 spiro atoms. The van der Waals surface area contributed by atoms with Crippen LogP contribution in [0.15, 0.2) is 103 Å². The molecule has 0 bridgehead atoms. The average Bonchev–Trinajstić information content (AvgIpc) is 3.23. The Morgan fingerprint density at radius 2 is 1.27 bits per heavy atom. The van der Waals surface area contributed by atoms with Crippen molar-refractivity contribution in [1.29, 1.82) is 0 Å². The van der Waals surface area contributed by atoms with Gasteiger partial charge >= 0.3 is 6.18 Å². The molecule has 0 N–H and O–H groups in total. The number of aromatic nitrogens is 2. The fraction of sp³-hybridized carbons (Fsp3) is 0.0357. The summed E-state index contributed by atoms with van der Waals surface area (Å²) in [5, 5.41) is 1.23. The van der Waals surface area contributed by atoms with Crippen LogP contribution < -0.4 is 0 Å². The van der Waals surface area contributed by atoms with Crippen molar-refractivity contribution < 1.29 is 13.2 Å². The van der Waals surface area contributed by atoms with Crippen molar-refractivity contribution in [3.63, 3.8) is 0 Å². The second-order valence-corrected chi connectivity index (χ2v) is 7.98. The molecule has 2 aromatic heterocycles. The van der Waals surface area contributed by atoms with E-state index in [0.29, 0.717) is 16.3 Å². The van der Waals surface area contributed by atoms with Gasteiger partial charge in [0.25, 0.3) is 0 Å². The van der Waals surface area contributed by atoms with Crippen molar-refractivity contribution >= 4 is 27.5 Å². The first-order chi connectivity index (χ1) is 16.0. The summed E-state index contributed by atoms with van der Waals surface area (Å²) >= 11 is 0. The lowest BCUT2D eigenvalue weighted by Crippen LogP contribution is -2.05. The SMILES string of the molecule is FC(F)(F)c1ccc2c(c1)c(-c1ccccc1)c(-c1ccccc1)c1c2nc2ccccn21. The number of fused-ring (bicyclic) bond motifs is 5. The van der Waals surface area contributed by atoms with E-state index in [2.05, 4.69) is 0 Å². The van der Waals surface area contributed by atoms with Crippen molar-refractivity contribution in [2.24, 2.45) is 0 Å². The first-order valence-electron chi connectivity index (χ1n) is 10.6. The maximum absolute atomic E-state index is 13.7. The molecule has 160 valence electrons. The first kappa shape index (κ1) is 19.6. The van der Waals surface area contributed by atoms with Crippen LogP contribution in [0.2, 0.25) is 0 Å². The van der Waals surface area contributed by atoms with Crippen molar-refractivity contribution in [1.82, 2.24) is 9.38 Å². The third-order valence-corrected chi connectivity index (χ3v) is 6.01. The summed E-state index contributed by atoms with van der Waals surface area (Å²) in [6.45, 7) is 0. The number of hydrogen-bond donors (Lipinski definition) is 0. The van der Waals surface area contributed by atoms with Crippen LogP contribution in [0.25, 0.3) is 49.7 Å². The van der Waals surface area contributed by atoms with Crippen LogP contribution in [0.1, 0.15) is 5.56 Å². The van der Waals surface area contributed by atoms with Gasteiger partial charge in [0.2, 0.25) is 0 Å². The number of halogens is 3. The second kappa shape index (κ2) is 7.20. The third-order valence-electron chi connectivity index (χ3n) is 6.01. The van der Waals surface area contributed by atoms with E-state index in [0.717, 1.165) is 39.5 Å². The van der Waals surface area contributed by atoms with Gasteiger partial charge in [0, 0.05) is 17.1 Å². The Hall–Kier alpha value is -4.12. The zero-order valence-corrected chi connectivity index (χ0v) is 17.3. The lowest BCUT2D eigenvalue weighted by Gasteiger charge is -2.18. The van der Waals surface area contributed by atoms with E-state index in [1.54, 1.807) is 6.07 Å². The molecule has 6 rings (SSSR count). The molecule has 0 aliphatic rings. The Bertz CT molecular complexity index is 1630. The molecule has 33 heavy (non-hydrogen) atoms. The number of pyridine rings is 1. The topological polar surface area (TPSA) is 17.3 Å². The maximum Gasteiger partial charge on any atom is 0.416 e. The van der Waals surface area contributed by atoms with Crippen molar-refractivity contribution in [2.75, 3.05) is 0 Å². The van der Waals surface area contributed by atoms with Crippen molar-refractivity contribution in [2.45, 2.75) is 6.18 Å². The van der Waals surface area contributed by atoms with E-state index >= 15 is 0 Å². The molecule has 0 aliphatic carbocycles. The predicted octanol–water partition coefficient (Wildman–Crippen LogP) is 7.99. The zero-order chi connectivity index (χ0) is 22.6. The van der Waals surface area contributed by atoms with Crippen LogP contribution in [0.3, 0.4) is 0 Å². The van der Waals surface area contributed by atoms with Crippen LogP contribution in [0.4, 0.5) is 13.2 Å². The number of benzene rings is 4. The summed E-state index contributed by atoms with van der Waals surface area (Å²) in [6, 6.07) is 29.1. The second-order valence-electron chi connectivity index (χ2n) is 7.98. The molecule has 0 saturated carbocycles. The van der Waals surface area contributed by atoms with Gasteiger partial charge in [-0.05, 0) is 46.3 Å². The molecule has 6 aromatic rings. The molecule has 0 amide bonds.